The first kappa shape index (κ1) is 25.9. The number of amides is 2. The molecule has 0 saturated carbocycles. The van der Waals surface area contributed by atoms with E-state index in [4.69, 9.17) is 15.2 Å². The predicted octanol–water partition coefficient (Wildman–Crippen LogP) is 5.68. The number of benzene rings is 3. The highest BCUT2D eigenvalue weighted by atomic mass is 19.4. The van der Waals surface area contributed by atoms with E-state index in [2.05, 4.69) is 5.32 Å². The third-order valence-electron chi connectivity index (χ3n) is 5.23. The number of alkyl halides is 3. The van der Waals surface area contributed by atoms with E-state index < -0.39 is 17.8 Å². The molecule has 0 heterocycles. The van der Waals surface area contributed by atoms with Gasteiger partial charge in [0.1, 0.15) is 6.61 Å². The summed E-state index contributed by atoms with van der Waals surface area (Å²) in [5.41, 5.74) is 6.13. The number of carbonyl (C=O) groups excluding carboxylic acids is 1. The molecule has 0 aromatic heterocycles. The third kappa shape index (κ3) is 7.38. The quantitative estimate of drug-likeness (QED) is 0.386. The molecule has 0 aliphatic carbocycles. The summed E-state index contributed by atoms with van der Waals surface area (Å²) in [5, 5.41) is 2.40. The molecular weight excluding hydrogens is 459 g/mol. The number of nitrogens with two attached hydrogens (primary N) is 1. The number of methoxy groups -OCH3 is 1. The van der Waals surface area contributed by atoms with Gasteiger partial charge >= 0.3 is 12.2 Å². The Kier molecular flexibility index (Phi) is 8.97. The van der Waals surface area contributed by atoms with E-state index in [9.17, 15) is 18.0 Å². The Morgan fingerprint density at radius 3 is 2.37 bits per heavy atom. The zero-order valence-corrected chi connectivity index (χ0v) is 19.3. The van der Waals surface area contributed by atoms with E-state index in [1.807, 2.05) is 30.3 Å². The van der Waals surface area contributed by atoms with Crippen molar-refractivity contribution in [3.05, 3.63) is 89.5 Å². The van der Waals surface area contributed by atoms with Crippen molar-refractivity contribution in [2.75, 3.05) is 25.5 Å². The number of nitrogens with one attached hydrogen (secondary N) is 1. The number of para-hydroxylation sites is 1. The van der Waals surface area contributed by atoms with Gasteiger partial charge in [0.05, 0.1) is 18.4 Å². The van der Waals surface area contributed by atoms with Crippen LogP contribution in [0, 0.1) is 0 Å². The molecule has 3 aromatic rings. The van der Waals surface area contributed by atoms with Gasteiger partial charge in [-0.2, -0.15) is 13.2 Å². The molecule has 0 spiro atoms. The highest BCUT2D eigenvalue weighted by molar-refractivity contribution is 5.90. The number of rotatable bonds is 10. The highest BCUT2D eigenvalue weighted by Crippen LogP contribution is 2.35. The molecule has 35 heavy (non-hydrogen) atoms. The van der Waals surface area contributed by atoms with Crippen LogP contribution in [0.4, 0.5) is 23.7 Å². The van der Waals surface area contributed by atoms with Crippen LogP contribution < -0.4 is 20.5 Å². The van der Waals surface area contributed by atoms with E-state index in [0.29, 0.717) is 31.1 Å². The van der Waals surface area contributed by atoms with E-state index >= 15 is 0 Å². The summed E-state index contributed by atoms with van der Waals surface area (Å²) in [7, 11) is 1.52. The average molecular weight is 488 g/mol. The maximum atomic E-state index is 13.3. The third-order valence-corrected chi connectivity index (χ3v) is 5.23. The van der Waals surface area contributed by atoms with Gasteiger partial charge in [0.15, 0.2) is 11.5 Å². The number of urea groups is 1. The zero-order chi connectivity index (χ0) is 25.3. The molecule has 0 atom stereocenters. The number of carbonyl (C=O) groups is 1. The van der Waals surface area contributed by atoms with Gasteiger partial charge < -0.3 is 25.4 Å². The van der Waals surface area contributed by atoms with Crippen LogP contribution >= 0.6 is 0 Å². The first-order valence-corrected chi connectivity index (χ1v) is 11.1. The Balaban J connectivity index is 1.75. The fourth-order valence-electron chi connectivity index (χ4n) is 3.45. The molecule has 3 rings (SSSR count). The monoisotopic (exact) mass is 487 g/mol. The van der Waals surface area contributed by atoms with Crippen LogP contribution in [-0.2, 0) is 19.3 Å². The number of hydrogen-bond donors (Lipinski definition) is 2. The van der Waals surface area contributed by atoms with Crippen molar-refractivity contribution in [3.63, 3.8) is 0 Å². The molecule has 0 aliphatic rings. The lowest BCUT2D eigenvalue weighted by atomic mass is 10.1. The standard InChI is InChI=1S/C26H28F3N3O3/c1-34-24-16-20(12-13-23(24)35-18-19-8-3-2-4-9-19)17-32(15-7-14-30)25(33)31-22-11-6-5-10-21(22)26(27,28)29/h2-6,8-13,16H,7,14-15,17-18,30H2,1H3,(H,31,33). The van der Waals surface area contributed by atoms with Crippen LogP contribution in [-0.4, -0.2) is 31.1 Å². The lowest BCUT2D eigenvalue weighted by Crippen LogP contribution is -2.36. The van der Waals surface area contributed by atoms with E-state index in [-0.39, 0.29) is 18.8 Å². The largest absolute Gasteiger partial charge is 0.493 e. The van der Waals surface area contributed by atoms with Crippen molar-refractivity contribution in [1.82, 2.24) is 4.90 Å². The van der Waals surface area contributed by atoms with Crippen molar-refractivity contribution in [2.45, 2.75) is 25.7 Å². The molecule has 0 unspecified atom stereocenters. The lowest BCUT2D eigenvalue weighted by molar-refractivity contribution is -0.136. The topological polar surface area (TPSA) is 76.8 Å². The molecule has 186 valence electrons. The summed E-state index contributed by atoms with van der Waals surface area (Å²) in [4.78, 5) is 14.3. The minimum atomic E-state index is -4.59. The van der Waals surface area contributed by atoms with Crippen LogP contribution in [0.1, 0.15) is 23.1 Å². The molecular formula is C26H28F3N3O3. The Morgan fingerprint density at radius 1 is 0.971 bits per heavy atom. The summed E-state index contributed by atoms with van der Waals surface area (Å²) < 4.78 is 51.3. The molecule has 9 heteroatoms. The van der Waals surface area contributed by atoms with Gasteiger partial charge in [0, 0.05) is 13.1 Å². The average Bonchev–Trinajstić information content (AvgIpc) is 2.85. The van der Waals surface area contributed by atoms with Gasteiger partial charge in [-0.15, -0.1) is 0 Å². The maximum Gasteiger partial charge on any atom is 0.418 e. The summed E-state index contributed by atoms with van der Waals surface area (Å²) >= 11 is 0. The van der Waals surface area contributed by atoms with Gasteiger partial charge in [-0.25, -0.2) is 4.79 Å². The molecule has 0 radical (unpaired) electrons. The van der Waals surface area contributed by atoms with E-state index in [0.717, 1.165) is 17.2 Å². The van der Waals surface area contributed by atoms with Gasteiger partial charge in [0.25, 0.3) is 0 Å². The first-order valence-electron chi connectivity index (χ1n) is 11.1. The van der Waals surface area contributed by atoms with E-state index in [1.165, 1.54) is 30.2 Å². The molecule has 6 nitrogen and oxygen atoms in total. The normalized spacial score (nSPS) is 11.1. The van der Waals surface area contributed by atoms with Gasteiger partial charge in [-0.3, -0.25) is 0 Å². The number of halogens is 3. The lowest BCUT2D eigenvalue weighted by Gasteiger charge is -2.24. The molecule has 0 aliphatic heterocycles. The Hall–Kier alpha value is -3.72. The summed E-state index contributed by atoms with van der Waals surface area (Å²) in [6.07, 6.45) is -4.10. The summed E-state index contributed by atoms with van der Waals surface area (Å²) in [5.74, 6) is 1.03. The molecule has 2 amide bonds. The van der Waals surface area contributed by atoms with Gasteiger partial charge in [-0.1, -0.05) is 48.5 Å². The Labute approximate surface area is 202 Å². The van der Waals surface area contributed by atoms with Crippen molar-refractivity contribution in [3.8, 4) is 11.5 Å². The fourth-order valence-corrected chi connectivity index (χ4v) is 3.45. The summed E-state index contributed by atoms with van der Waals surface area (Å²) in [6, 6.07) is 19.2. The second-order valence-electron chi connectivity index (χ2n) is 7.80. The number of ether oxygens (including phenoxy) is 2. The maximum absolute atomic E-state index is 13.3. The van der Waals surface area contributed by atoms with Gasteiger partial charge in [-0.05, 0) is 48.4 Å². The van der Waals surface area contributed by atoms with Crippen molar-refractivity contribution in [2.24, 2.45) is 5.73 Å². The van der Waals surface area contributed by atoms with Gasteiger partial charge in [0.2, 0.25) is 0 Å². The molecule has 3 aromatic carbocycles. The van der Waals surface area contributed by atoms with Crippen molar-refractivity contribution in [1.29, 1.82) is 0 Å². The second kappa shape index (κ2) is 12.1. The van der Waals surface area contributed by atoms with Crippen molar-refractivity contribution >= 4 is 11.7 Å². The van der Waals surface area contributed by atoms with E-state index in [1.54, 1.807) is 18.2 Å². The van der Waals surface area contributed by atoms with Crippen molar-refractivity contribution < 1.29 is 27.4 Å². The fraction of sp³-hybridized carbons (Fsp3) is 0.269. The van der Waals surface area contributed by atoms with Crippen LogP contribution in [0.15, 0.2) is 72.8 Å². The Morgan fingerprint density at radius 2 is 1.69 bits per heavy atom. The van der Waals surface area contributed by atoms with Crippen LogP contribution in [0.2, 0.25) is 0 Å². The SMILES string of the molecule is COc1cc(CN(CCCN)C(=O)Nc2ccccc2C(F)(F)F)ccc1OCc1ccccc1. The smallest absolute Gasteiger partial charge is 0.418 e. The second-order valence-corrected chi connectivity index (χ2v) is 7.80. The number of anilines is 1. The predicted molar refractivity (Wildman–Crippen MR) is 128 cm³/mol. The number of nitrogens with zero attached hydrogens (tertiary/aromatic N) is 1. The molecule has 0 bridgehead atoms. The minimum absolute atomic E-state index is 0.148. The van der Waals surface area contributed by atoms with Crippen LogP contribution in [0.25, 0.3) is 0 Å². The first-order chi connectivity index (χ1) is 16.8. The molecule has 0 fully saturated rings. The molecule has 0 saturated heterocycles. The Bertz CT molecular complexity index is 1110. The zero-order valence-electron chi connectivity index (χ0n) is 19.3. The minimum Gasteiger partial charge on any atom is -0.493 e. The molecule has 3 N–H and O–H groups in total. The van der Waals surface area contributed by atoms with Crippen LogP contribution in [0.5, 0.6) is 11.5 Å². The highest BCUT2D eigenvalue weighted by Gasteiger charge is 2.34. The number of hydrogen-bond acceptors (Lipinski definition) is 4. The van der Waals surface area contributed by atoms with Crippen LogP contribution in [0.3, 0.4) is 0 Å². The summed E-state index contributed by atoms with van der Waals surface area (Å²) in [6.45, 7) is 1.11.